The number of nitrogens with one attached hydrogen (secondary N) is 1. The molecule has 26 heavy (non-hydrogen) atoms. The number of hydrogen-bond donors (Lipinski definition) is 1. The number of carbonyl (C=O) groups excluding carboxylic acids is 1. The zero-order chi connectivity index (χ0) is 18.5. The van der Waals surface area contributed by atoms with Gasteiger partial charge in [0.2, 0.25) is 5.91 Å². The Morgan fingerprint density at radius 3 is 2.69 bits per heavy atom. The molecule has 0 spiro atoms. The maximum absolute atomic E-state index is 13.0. The van der Waals surface area contributed by atoms with Gasteiger partial charge in [0, 0.05) is 31.7 Å². The fraction of sp³-hybridized carbons (Fsp3) is 0.409. The minimum Gasteiger partial charge on any atom is -0.371 e. The van der Waals surface area contributed by atoms with E-state index < -0.39 is 0 Å². The fourth-order valence-corrected chi connectivity index (χ4v) is 3.61. The van der Waals surface area contributed by atoms with Crippen LogP contribution < -0.4 is 10.2 Å². The maximum atomic E-state index is 13.0. The summed E-state index contributed by atoms with van der Waals surface area (Å²) in [5.41, 5.74) is 4.80. The van der Waals surface area contributed by atoms with Crippen LogP contribution in [0.1, 0.15) is 29.5 Å². The zero-order valence-electron chi connectivity index (χ0n) is 15.6. The lowest BCUT2D eigenvalue weighted by Crippen LogP contribution is -2.31. The Bertz CT molecular complexity index is 757. The number of nitrogens with zero attached hydrogens (tertiary/aromatic N) is 1. The standard InChI is InChI=1S/C22H27FN2O/c1-16-3-4-19(17(2)13-16)5-10-22(26)24-14-18-11-12-25(15-18)21-8-6-20(23)7-9-21/h3-4,6-9,13,18H,5,10-12,14-15H2,1-2H3,(H,24,26). The van der Waals surface area contributed by atoms with Gasteiger partial charge in [-0.05, 0) is 68.0 Å². The molecule has 1 N–H and O–H groups in total. The SMILES string of the molecule is Cc1ccc(CCC(=O)NCC2CCN(c3ccc(F)cc3)C2)c(C)c1. The third-order valence-electron chi connectivity index (χ3n) is 5.19. The highest BCUT2D eigenvalue weighted by molar-refractivity contribution is 5.76. The van der Waals surface area contributed by atoms with Crippen molar-refractivity contribution < 1.29 is 9.18 Å². The van der Waals surface area contributed by atoms with Gasteiger partial charge in [-0.2, -0.15) is 0 Å². The minimum absolute atomic E-state index is 0.116. The molecule has 3 rings (SSSR count). The Kier molecular flexibility index (Phi) is 5.92. The van der Waals surface area contributed by atoms with E-state index in [1.165, 1.54) is 28.8 Å². The third kappa shape index (κ3) is 4.84. The quantitative estimate of drug-likeness (QED) is 0.850. The average molecular weight is 354 g/mol. The topological polar surface area (TPSA) is 32.3 Å². The molecule has 1 fully saturated rings. The Labute approximate surface area is 155 Å². The van der Waals surface area contributed by atoms with E-state index in [4.69, 9.17) is 0 Å². The van der Waals surface area contributed by atoms with Gasteiger partial charge in [-0.25, -0.2) is 4.39 Å². The van der Waals surface area contributed by atoms with Crippen LogP contribution in [0.25, 0.3) is 0 Å². The maximum Gasteiger partial charge on any atom is 0.220 e. The molecule has 138 valence electrons. The van der Waals surface area contributed by atoms with Crippen LogP contribution >= 0.6 is 0 Å². The average Bonchev–Trinajstić information content (AvgIpc) is 3.09. The molecule has 1 amide bonds. The molecule has 3 nitrogen and oxygen atoms in total. The van der Waals surface area contributed by atoms with E-state index >= 15 is 0 Å². The van der Waals surface area contributed by atoms with Gasteiger partial charge in [-0.3, -0.25) is 4.79 Å². The van der Waals surface area contributed by atoms with Crippen molar-refractivity contribution in [2.45, 2.75) is 33.1 Å². The van der Waals surface area contributed by atoms with E-state index in [-0.39, 0.29) is 11.7 Å². The van der Waals surface area contributed by atoms with Gasteiger partial charge in [0.1, 0.15) is 5.82 Å². The van der Waals surface area contributed by atoms with Crippen LogP contribution in [0.15, 0.2) is 42.5 Å². The highest BCUT2D eigenvalue weighted by Gasteiger charge is 2.23. The second-order valence-electron chi connectivity index (χ2n) is 7.31. The van der Waals surface area contributed by atoms with Gasteiger partial charge in [-0.15, -0.1) is 0 Å². The number of benzene rings is 2. The predicted octanol–water partition coefficient (Wildman–Crippen LogP) is 4.02. The molecule has 2 aromatic rings. The minimum atomic E-state index is -0.208. The lowest BCUT2D eigenvalue weighted by Gasteiger charge is -2.19. The number of hydrogen-bond acceptors (Lipinski definition) is 2. The van der Waals surface area contributed by atoms with Crippen molar-refractivity contribution in [3.63, 3.8) is 0 Å². The molecule has 1 saturated heterocycles. The van der Waals surface area contributed by atoms with Gasteiger partial charge < -0.3 is 10.2 Å². The summed E-state index contributed by atoms with van der Waals surface area (Å²) in [6, 6.07) is 13.0. The molecule has 0 radical (unpaired) electrons. The van der Waals surface area contributed by atoms with Crippen LogP contribution in [-0.4, -0.2) is 25.5 Å². The zero-order valence-corrected chi connectivity index (χ0v) is 15.6. The van der Waals surface area contributed by atoms with Gasteiger partial charge in [0.15, 0.2) is 0 Å². The molecule has 1 aliphatic heterocycles. The van der Waals surface area contributed by atoms with Crippen molar-refractivity contribution in [3.8, 4) is 0 Å². The number of anilines is 1. The number of amides is 1. The predicted molar refractivity (Wildman–Crippen MR) is 104 cm³/mol. The fourth-order valence-electron chi connectivity index (χ4n) is 3.61. The van der Waals surface area contributed by atoms with Gasteiger partial charge in [0.05, 0.1) is 0 Å². The van der Waals surface area contributed by atoms with E-state index in [0.29, 0.717) is 18.9 Å². The van der Waals surface area contributed by atoms with E-state index in [1.807, 2.05) is 12.1 Å². The van der Waals surface area contributed by atoms with E-state index in [1.54, 1.807) is 0 Å². The molecular formula is C22H27FN2O. The second-order valence-corrected chi connectivity index (χ2v) is 7.31. The molecule has 0 aromatic heterocycles. The Balaban J connectivity index is 1.41. The molecule has 0 aliphatic carbocycles. The Hall–Kier alpha value is -2.36. The summed E-state index contributed by atoms with van der Waals surface area (Å²) in [6.07, 6.45) is 2.36. The van der Waals surface area contributed by atoms with Crippen LogP contribution in [-0.2, 0) is 11.2 Å². The van der Waals surface area contributed by atoms with E-state index in [2.05, 4.69) is 42.3 Å². The number of carbonyl (C=O) groups is 1. The Morgan fingerprint density at radius 1 is 1.19 bits per heavy atom. The summed E-state index contributed by atoms with van der Waals surface area (Å²) in [7, 11) is 0. The number of rotatable bonds is 6. The monoisotopic (exact) mass is 354 g/mol. The van der Waals surface area contributed by atoms with Crippen molar-refractivity contribution in [1.29, 1.82) is 0 Å². The summed E-state index contributed by atoms with van der Waals surface area (Å²) in [5.74, 6) is 0.357. The molecule has 1 atom stereocenters. The van der Waals surface area contributed by atoms with Gasteiger partial charge >= 0.3 is 0 Å². The van der Waals surface area contributed by atoms with Gasteiger partial charge in [0.25, 0.3) is 0 Å². The molecule has 1 aliphatic rings. The first-order valence-corrected chi connectivity index (χ1v) is 9.34. The largest absolute Gasteiger partial charge is 0.371 e. The summed E-state index contributed by atoms with van der Waals surface area (Å²) in [4.78, 5) is 14.4. The smallest absolute Gasteiger partial charge is 0.220 e. The van der Waals surface area contributed by atoms with Crippen LogP contribution in [0.2, 0.25) is 0 Å². The first-order valence-electron chi connectivity index (χ1n) is 9.34. The van der Waals surface area contributed by atoms with Crippen molar-refractivity contribution in [3.05, 3.63) is 65.0 Å². The van der Waals surface area contributed by atoms with Crippen LogP contribution in [0, 0.1) is 25.6 Å². The van der Waals surface area contributed by atoms with Crippen molar-refractivity contribution in [2.75, 3.05) is 24.5 Å². The molecule has 0 bridgehead atoms. The first kappa shape index (κ1) is 18.4. The molecule has 1 unspecified atom stereocenters. The van der Waals surface area contributed by atoms with Crippen LogP contribution in [0.5, 0.6) is 0 Å². The molecule has 4 heteroatoms. The molecular weight excluding hydrogens is 327 g/mol. The number of aryl methyl sites for hydroxylation is 3. The Morgan fingerprint density at radius 2 is 1.96 bits per heavy atom. The normalized spacial score (nSPS) is 16.7. The lowest BCUT2D eigenvalue weighted by molar-refractivity contribution is -0.121. The lowest BCUT2D eigenvalue weighted by atomic mass is 10.0. The van der Waals surface area contributed by atoms with Gasteiger partial charge in [-0.1, -0.05) is 23.8 Å². The molecule has 1 heterocycles. The summed E-state index contributed by atoms with van der Waals surface area (Å²) >= 11 is 0. The molecule has 2 aromatic carbocycles. The van der Waals surface area contributed by atoms with Crippen LogP contribution in [0.3, 0.4) is 0 Å². The summed E-state index contributed by atoms with van der Waals surface area (Å²) in [6.45, 7) is 6.75. The van der Waals surface area contributed by atoms with E-state index in [9.17, 15) is 9.18 Å². The second kappa shape index (κ2) is 8.35. The van der Waals surface area contributed by atoms with Crippen molar-refractivity contribution in [2.24, 2.45) is 5.92 Å². The van der Waals surface area contributed by atoms with Crippen LogP contribution in [0.4, 0.5) is 10.1 Å². The van der Waals surface area contributed by atoms with E-state index in [0.717, 1.165) is 31.6 Å². The van der Waals surface area contributed by atoms with Crippen molar-refractivity contribution in [1.82, 2.24) is 5.32 Å². The molecule has 0 saturated carbocycles. The highest BCUT2D eigenvalue weighted by atomic mass is 19.1. The highest BCUT2D eigenvalue weighted by Crippen LogP contribution is 2.23. The first-order chi connectivity index (χ1) is 12.5. The summed E-state index contributed by atoms with van der Waals surface area (Å²) < 4.78 is 13.0. The number of halogens is 1. The van der Waals surface area contributed by atoms with Crippen molar-refractivity contribution >= 4 is 11.6 Å². The third-order valence-corrected chi connectivity index (χ3v) is 5.19. The summed E-state index contributed by atoms with van der Waals surface area (Å²) in [5, 5.41) is 3.08.